The number of rotatable bonds is 7. The molecule has 1 fully saturated rings. The number of hydrogen-bond donors (Lipinski definition) is 1. The summed E-state index contributed by atoms with van der Waals surface area (Å²) >= 11 is 1.40. The first-order valence-corrected chi connectivity index (χ1v) is 9.61. The summed E-state index contributed by atoms with van der Waals surface area (Å²) in [5, 5.41) is 8.67. The number of thioether (sulfide) groups is 1. The van der Waals surface area contributed by atoms with Crippen molar-refractivity contribution in [2.75, 3.05) is 13.1 Å². The molecular formula is C18H23N5O2S. The van der Waals surface area contributed by atoms with Crippen LogP contribution in [0.3, 0.4) is 0 Å². The van der Waals surface area contributed by atoms with E-state index >= 15 is 0 Å². The normalized spacial score (nSPS) is 15.2. The SMILES string of the molecule is Cn1c(CCC(N)=O)nnc1S[C@H](C(=O)N1CCCC1)c1ccccc1. The summed E-state index contributed by atoms with van der Waals surface area (Å²) in [4.78, 5) is 26.0. The van der Waals surface area contributed by atoms with Gasteiger partial charge in [-0.25, -0.2) is 0 Å². The van der Waals surface area contributed by atoms with Crippen molar-refractivity contribution >= 4 is 23.6 Å². The minimum absolute atomic E-state index is 0.111. The summed E-state index contributed by atoms with van der Waals surface area (Å²) < 4.78 is 1.83. The Balaban J connectivity index is 1.82. The van der Waals surface area contributed by atoms with Crippen LogP contribution in [0.15, 0.2) is 35.5 Å². The van der Waals surface area contributed by atoms with Gasteiger partial charge in [0.15, 0.2) is 5.16 Å². The van der Waals surface area contributed by atoms with E-state index in [4.69, 9.17) is 5.73 Å². The number of amides is 2. The number of aromatic nitrogens is 3. The molecule has 0 saturated carbocycles. The maximum atomic E-state index is 13.1. The van der Waals surface area contributed by atoms with E-state index in [1.54, 1.807) is 0 Å². The predicted molar refractivity (Wildman–Crippen MR) is 99.4 cm³/mol. The lowest BCUT2D eigenvalue weighted by Crippen LogP contribution is -2.31. The molecule has 0 radical (unpaired) electrons. The molecule has 7 nitrogen and oxygen atoms in total. The van der Waals surface area contributed by atoms with Gasteiger partial charge in [0.25, 0.3) is 0 Å². The summed E-state index contributed by atoms with van der Waals surface area (Å²) in [6, 6.07) is 9.76. The predicted octanol–water partition coefficient (Wildman–Crippen LogP) is 1.69. The van der Waals surface area contributed by atoms with Crippen LogP contribution in [0.4, 0.5) is 0 Å². The third-order valence-electron chi connectivity index (χ3n) is 4.49. The third-order valence-corrected chi connectivity index (χ3v) is 5.76. The van der Waals surface area contributed by atoms with Gasteiger partial charge in [-0.3, -0.25) is 9.59 Å². The van der Waals surface area contributed by atoms with E-state index in [9.17, 15) is 9.59 Å². The van der Waals surface area contributed by atoms with Crippen LogP contribution in [-0.4, -0.2) is 44.6 Å². The van der Waals surface area contributed by atoms with E-state index < -0.39 is 0 Å². The zero-order chi connectivity index (χ0) is 18.5. The topological polar surface area (TPSA) is 94.1 Å². The Labute approximate surface area is 157 Å². The molecule has 2 aromatic rings. The largest absolute Gasteiger partial charge is 0.370 e. The molecule has 1 saturated heterocycles. The smallest absolute Gasteiger partial charge is 0.240 e. The number of carbonyl (C=O) groups excluding carboxylic acids is 2. The van der Waals surface area contributed by atoms with Crippen molar-refractivity contribution in [3.8, 4) is 0 Å². The highest BCUT2D eigenvalue weighted by Crippen LogP contribution is 2.36. The van der Waals surface area contributed by atoms with Crippen molar-refractivity contribution < 1.29 is 9.59 Å². The summed E-state index contributed by atoms with van der Waals surface area (Å²) in [7, 11) is 1.85. The zero-order valence-corrected chi connectivity index (χ0v) is 15.6. The maximum absolute atomic E-state index is 13.1. The molecule has 3 rings (SSSR count). The van der Waals surface area contributed by atoms with Crippen molar-refractivity contribution in [2.24, 2.45) is 12.8 Å². The standard InChI is InChI=1S/C18H23N5O2S/c1-22-15(10-9-14(19)24)20-21-18(22)26-16(13-7-3-2-4-8-13)17(25)23-11-5-6-12-23/h2-4,7-8,16H,5-6,9-12H2,1H3,(H2,19,24)/t16-/m0/s1. The number of nitrogens with zero attached hydrogens (tertiary/aromatic N) is 4. The van der Waals surface area contributed by atoms with Crippen LogP contribution in [0, 0.1) is 0 Å². The molecule has 0 bridgehead atoms. The molecule has 1 aromatic heterocycles. The van der Waals surface area contributed by atoms with Gasteiger partial charge in [0.2, 0.25) is 11.8 Å². The molecular weight excluding hydrogens is 350 g/mol. The van der Waals surface area contributed by atoms with Gasteiger partial charge in [-0.15, -0.1) is 10.2 Å². The van der Waals surface area contributed by atoms with E-state index in [0.29, 0.717) is 17.4 Å². The van der Waals surface area contributed by atoms with Crippen molar-refractivity contribution in [3.63, 3.8) is 0 Å². The number of aryl methyl sites for hydroxylation is 1. The second-order valence-electron chi connectivity index (χ2n) is 6.37. The highest BCUT2D eigenvalue weighted by Gasteiger charge is 2.30. The molecule has 2 heterocycles. The fraction of sp³-hybridized carbons (Fsp3) is 0.444. The summed E-state index contributed by atoms with van der Waals surface area (Å²) in [5.74, 6) is 0.431. The van der Waals surface area contributed by atoms with Crippen LogP contribution in [0.2, 0.25) is 0 Å². The van der Waals surface area contributed by atoms with E-state index in [-0.39, 0.29) is 23.5 Å². The Hall–Kier alpha value is -2.35. The van der Waals surface area contributed by atoms with Gasteiger partial charge in [0.1, 0.15) is 11.1 Å². The molecule has 26 heavy (non-hydrogen) atoms. The highest BCUT2D eigenvalue weighted by atomic mass is 32.2. The van der Waals surface area contributed by atoms with Gasteiger partial charge in [0.05, 0.1) is 0 Å². The minimum Gasteiger partial charge on any atom is -0.370 e. The first kappa shape index (κ1) is 18.4. The fourth-order valence-electron chi connectivity index (χ4n) is 3.00. The second kappa shape index (κ2) is 8.35. The lowest BCUT2D eigenvalue weighted by Gasteiger charge is -2.22. The van der Waals surface area contributed by atoms with E-state index in [1.807, 2.05) is 46.8 Å². The highest BCUT2D eigenvalue weighted by molar-refractivity contribution is 8.00. The van der Waals surface area contributed by atoms with E-state index in [0.717, 1.165) is 31.5 Å². The number of benzene rings is 1. The molecule has 0 unspecified atom stereocenters. The van der Waals surface area contributed by atoms with Crippen LogP contribution in [0.5, 0.6) is 0 Å². The monoisotopic (exact) mass is 373 g/mol. The Kier molecular flexibility index (Phi) is 5.92. The number of hydrogen-bond acceptors (Lipinski definition) is 5. The van der Waals surface area contributed by atoms with Gasteiger partial charge in [-0.2, -0.15) is 0 Å². The lowest BCUT2D eigenvalue weighted by atomic mass is 10.1. The molecule has 8 heteroatoms. The van der Waals surface area contributed by atoms with Crippen molar-refractivity contribution in [1.29, 1.82) is 0 Å². The van der Waals surface area contributed by atoms with Crippen LogP contribution in [-0.2, 0) is 23.1 Å². The Bertz CT molecular complexity index is 771. The van der Waals surface area contributed by atoms with Crippen LogP contribution in [0.1, 0.15) is 35.9 Å². The van der Waals surface area contributed by atoms with Crippen LogP contribution in [0.25, 0.3) is 0 Å². The lowest BCUT2D eigenvalue weighted by molar-refractivity contribution is -0.129. The molecule has 1 aromatic carbocycles. The van der Waals surface area contributed by atoms with Crippen LogP contribution >= 0.6 is 11.8 Å². The first-order chi connectivity index (χ1) is 12.6. The number of carbonyl (C=O) groups is 2. The average Bonchev–Trinajstić information content (AvgIpc) is 3.29. The summed E-state index contributed by atoms with van der Waals surface area (Å²) in [5.41, 5.74) is 6.17. The Morgan fingerprint density at radius 1 is 1.19 bits per heavy atom. The van der Waals surface area contributed by atoms with E-state index in [2.05, 4.69) is 10.2 Å². The molecule has 2 N–H and O–H groups in total. The summed E-state index contributed by atoms with van der Waals surface area (Å²) in [6.07, 6.45) is 2.78. The van der Waals surface area contributed by atoms with Gasteiger partial charge in [0, 0.05) is 33.0 Å². The van der Waals surface area contributed by atoms with Gasteiger partial charge in [-0.05, 0) is 18.4 Å². The quantitative estimate of drug-likeness (QED) is 0.746. The summed E-state index contributed by atoms with van der Waals surface area (Å²) in [6.45, 7) is 1.62. The fourth-order valence-corrected chi connectivity index (χ4v) is 4.10. The molecule has 1 aliphatic rings. The Morgan fingerprint density at radius 2 is 1.88 bits per heavy atom. The average molecular weight is 373 g/mol. The second-order valence-corrected chi connectivity index (χ2v) is 7.44. The minimum atomic E-state index is -0.367. The van der Waals surface area contributed by atoms with Gasteiger partial charge in [-0.1, -0.05) is 42.1 Å². The Morgan fingerprint density at radius 3 is 2.54 bits per heavy atom. The number of primary amides is 1. The van der Waals surface area contributed by atoms with Crippen LogP contribution < -0.4 is 5.73 Å². The zero-order valence-electron chi connectivity index (χ0n) is 14.8. The third kappa shape index (κ3) is 4.24. The van der Waals surface area contributed by atoms with E-state index in [1.165, 1.54) is 11.8 Å². The number of likely N-dealkylation sites (tertiary alicyclic amines) is 1. The van der Waals surface area contributed by atoms with Gasteiger partial charge < -0.3 is 15.2 Å². The molecule has 0 spiro atoms. The molecule has 138 valence electrons. The molecule has 1 atom stereocenters. The molecule has 0 aliphatic carbocycles. The van der Waals surface area contributed by atoms with Gasteiger partial charge >= 0.3 is 0 Å². The maximum Gasteiger partial charge on any atom is 0.240 e. The number of nitrogens with two attached hydrogens (primary N) is 1. The first-order valence-electron chi connectivity index (χ1n) is 8.73. The molecule has 1 aliphatic heterocycles. The van der Waals surface area contributed by atoms with Crippen molar-refractivity contribution in [1.82, 2.24) is 19.7 Å². The molecule has 2 amide bonds. The van der Waals surface area contributed by atoms with Crippen molar-refractivity contribution in [2.45, 2.75) is 36.1 Å². The van der Waals surface area contributed by atoms with Crippen molar-refractivity contribution in [3.05, 3.63) is 41.7 Å².